The van der Waals surface area contributed by atoms with Gasteiger partial charge in [0.2, 0.25) is 0 Å². The number of carbonyl (C=O) groups is 2. The van der Waals surface area contributed by atoms with Crippen molar-refractivity contribution in [3.05, 3.63) is 0 Å². The van der Waals surface area contributed by atoms with Gasteiger partial charge in [0.25, 0.3) is 0 Å². The molecular formula is C13H14O2. The first kappa shape index (κ1) is 7.59. The summed E-state index contributed by atoms with van der Waals surface area (Å²) in [6.07, 6.45) is 1.18. The Bertz CT molecular complexity index is 461. The molecule has 0 aromatic carbocycles. The van der Waals surface area contributed by atoms with Crippen LogP contribution in [0.3, 0.4) is 0 Å². The normalized spacial score (nSPS) is 75.9. The van der Waals surface area contributed by atoms with E-state index >= 15 is 0 Å². The summed E-state index contributed by atoms with van der Waals surface area (Å²) in [6, 6.07) is 0. The molecule has 5 saturated carbocycles. The lowest BCUT2D eigenvalue weighted by Gasteiger charge is -2.51. The molecule has 5 aliphatic carbocycles. The van der Waals surface area contributed by atoms with Crippen LogP contribution in [0.1, 0.15) is 20.3 Å². The van der Waals surface area contributed by atoms with E-state index in [-0.39, 0.29) is 22.7 Å². The monoisotopic (exact) mass is 202 g/mol. The Morgan fingerprint density at radius 2 is 1.73 bits per heavy atom. The topological polar surface area (TPSA) is 34.1 Å². The Morgan fingerprint density at radius 3 is 2.47 bits per heavy atom. The van der Waals surface area contributed by atoms with Gasteiger partial charge in [-0.25, -0.2) is 0 Å². The number of hydrogen-bond donors (Lipinski definition) is 0. The zero-order valence-electron chi connectivity index (χ0n) is 8.99. The summed E-state index contributed by atoms with van der Waals surface area (Å²) in [5.41, 5.74) is -0.425. The molecule has 0 saturated heterocycles. The second kappa shape index (κ2) is 1.54. The Kier molecular flexibility index (Phi) is 0.778. The standard InChI is InChI=1S/C13H14O2/c1-12-5-3-4-7-6(5)9(11(12)15)13(7,2)10(14)8(4)12/h4-9H,3H2,1-2H3/t4-,5+,6+,7-,8+,9+,12-,13-/m1/s1. The minimum atomic E-state index is -0.219. The molecule has 0 radical (unpaired) electrons. The number of ketones is 2. The van der Waals surface area contributed by atoms with Crippen molar-refractivity contribution in [2.24, 2.45) is 46.3 Å². The van der Waals surface area contributed by atoms with Crippen LogP contribution in [0.4, 0.5) is 0 Å². The first-order valence-corrected chi connectivity index (χ1v) is 6.12. The maximum Gasteiger partial charge on any atom is 0.144 e. The molecule has 2 heteroatoms. The summed E-state index contributed by atoms with van der Waals surface area (Å²) in [7, 11) is 0. The van der Waals surface area contributed by atoms with Crippen LogP contribution in [-0.2, 0) is 9.59 Å². The smallest absolute Gasteiger partial charge is 0.144 e. The second-order valence-electron chi connectivity index (χ2n) is 6.86. The van der Waals surface area contributed by atoms with Crippen LogP contribution < -0.4 is 0 Å². The number of Topliss-reactive ketones (excluding diaryl/α,β-unsaturated/α-hetero) is 2. The maximum atomic E-state index is 12.4. The van der Waals surface area contributed by atoms with E-state index < -0.39 is 0 Å². The molecule has 0 aromatic heterocycles. The van der Waals surface area contributed by atoms with Gasteiger partial charge in [-0.2, -0.15) is 0 Å². The molecule has 0 amide bonds. The summed E-state index contributed by atoms with van der Waals surface area (Å²) < 4.78 is 0. The first-order chi connectivity index (χ1) is 7.04. The van der Waals surface area contributed by atoms with Gasteiger partial charge in [0.15, 0.2) is 0 Å². The number of rotatable bonds is 0. The van der Waals surface area contributed by atoms with E-state index in [0.29, 0.717) is 35.2 Å². The largest absolute Gasteiger partial charge is 0.299 e. The molecule has 2 nitrogen and oxygen atoms in total. The quantitative estimate of drug-likeness (QED) is 0.593. The third-order valence-electron chi connectivity index (χ3n) is 7.06. The Balaban J connectivity index is 1.94. The molecule has 2 bridgehead atoms. The average molecular weight is 202 g/mol. The van der Waals surface area contributed by atoms with Gasteiger partial charge in [-0.3, -0.25) is 9.59 Å². The molecule has 78 valence electrons. The van der Waals surface area contributed by atoms with Crippen molar-refractivity contribution in [3.63, 3.8) is 0 Å². The minimum Gasteiger partial charge on any atom is -0.299 e. The van der Waals surface area contributed by atoms with Crippen LogP contribution in [0.5, 0.6) is 0 Å². The summed E-state index contributed by atoms with van der Waals surface area (Å²) in [6.45, 7) is 4.18. The highest BCUT2D eigenvalue weighted by Gasteiger charge is 2.92. The lowest BCUT2D eigenvalue weighted by Crippen LogP contribution is -2.57. The minimum absolute atomic E-state index is 0.125. The molecule has 0 aromatic rings. The Labute approximate surface area is 88.4 Å². The second-order valence-corrected chi connectivity index (χ2v) is 6.86. The molecule has 5 aliphatic rings. The van der Waals surface area contributed by atoms with Gasteiger partial charge in [-0.15, -0.1) is 0 Å². The predicted molar refractivity (Wildman–Crippen MR) is 51.8 cm³/mol. The SMILES string of the molecule is C[C@@]12C(=O)[C@@H]3[C@@H]4[C@H]5[C@@H](C[C@@H]41)[C@H]2C(=O)[C@]53C. The van der Waals surface area contributed by atoms with Crippen molar-refractivity contribution >= 4 is 11.6 Å². The molecule has 0 aliphatic heterocycles. The molecule has 5 rings (SSSR count). The zero-order valence-corrected chi connectivity index (χ0v) is 8.99. The maximum absolute atomic E-state index is 12.4. The molecule has 0 heterocycles. The van der Waals surface area contributed by atoms with Crippen LogP contribution in [0.2, 0.25) is 0 Å². The van der Waals surface area contributed by atoms with Crippen LogP contribution in [-0.4, -0.2) is 11.6 Å². The van der Waals surface area contributed by atoms with Gasteiger partial charge in [0.05, 0.1) is 0 Å². The fourth-order valence-corrected chi connectivity index (χ4v) is 6.81. The van der Waals surface area contributed by atoms with E-state index in [0.717, 1.165) is 0 Å². The zero-order chi connectivity index (χ0) is 10.3. The average Bonchev–Trinajstić information content (AvgIpc) is 2.69. The van der Waals surface area contributed by atoms with Crippen molar-refractivity contribution in [3.8, 4) is 0 Å². The van der Waals surface area contributed by atoms with Gasteiger partial charge in [-0.05, 0) is 30.1 Å². The number of carbonyl (C=O) groups excluding carboxylic acids is 2. The number of hydrogen-bond acceptors (Lipinski definition) is 2. The third-order valence-corrected chi connectivity index (χ3v) is 7.06. The van der Waals surface area contributed by atoms with Crippen molar-refractivity contribution in [2.75, 3.05) is 0 Å². The molecular weight excluding hydrogens is 188 g/mol. The fourth-order valence-electron chi connectivity index (χ4n) is 6.81. The molecule has 0 spiro atoms. The molecule has 8 atom stereocenters. The Morgan fingerprint density at radius 1 is 1.07 bits per heavy atom. The van der Waals surface area contributed by atoms with Crippen molar-refractivity contribution in [1.29, 1.82) is 0 Å². The highest BCUT2D eigenvalue weighted by molar-refractivity contribution is 6.10. The van der Waals surface area contributed by atoms with E-state index in [1.807, 2.05) is 0 Å². The van der Waals surface area contributed by atoms with Gasteiger partial charge < -0.3 is 0 Å². The summed E-state index contributed by atoms with van der Waals surface area (Å²) >= 11 is 0. The summed E-state index contributed by atoms with van der Waals surface area (Å²) in [5.74, 6) is 3.56. The van der Waals surface area contributed by atoms with Crippen LogP contribution >= 0.6 is 0 Å². The Hall–Kier alpha value is -0.660. The summed E-state index contributed by atoms with van der Waals surface area (Å²) in [4.78, 5) is 24.8. The van der Waals surface area contributed by atoms with Gasteiger partial charge in [0.1, 0.15) is 11.6 Å². The van der Waals surface area contributed by atoms with Crippen molar-refractivity contribution in [2.45, 2.75) is 20.3 Å². The van der Waals surface area contributed by atoms with Crippen LogP contribution in [0.15, 0.2) is 0 Å². The lowest BCUT2D eigenvalue weighted by molar-refractivity contribution is -0.160. The lowest BCUT2D eigenvalue weighted by atomic mass is 9.49. The van der Waals surface area contributed by atoms with Gasteiger partial charge in [-0.1, -0.05) is 13.8 Å². The van der Waals surface area contributed by atoms with Crippen LogP contribution in [0, 0.1) is 46.3 Å². The molecule has 5 fully saturated rings. The molecule has 15 heavy (non-hydrogen) atoms. The molecule has 0 unspecified atom stereocenters. The highest BCUT2D eigenvalue weighted by atomic mass is 16.2. The van der Waals surface area contributed by atoms with E-state index in [1.54, 1.807) is 0 Å². The van der Waals surface area contributed by atoms with E-state index in [9.17, 15) is 9.59 Å². The van der Waals surface area contributed by atoms with Crippen LogP contribution in [0.25, 0.3) is 0 Å². The predicted octanol–water partition coefficient (Wildman–Crippen LogP) is 1.29. The van der Waals surface area contributed by atoms with Crippen molar-refractivity contribution < 1.29 is 9.59 Å². The van der Waals surface area contributed by atoms with E-state index in [1.165, 1.54) is 6.42 Å². The fraction of sp³-hybridized carbons (Fsp3) is 0.846. The van der Waals surface area contributed by atoms with E-state index in [2.05, 4.69) is 13.8 Å². The third kappa shape index (κ3) is 0.378. The highest BCUT2D eigenvalue weighted by Crippen LogP contribution is 2.88. The number of fused-ring (bicyclic) bond motifs is 2. The van der Waals surface area contributed by atoms with Crippen molar-refractivity contribution in [1.82, 2.24) is 0 Å². The van der Waals surface area contributed by atoms with Gasteiger partial charge >= 0.3 is 0 Å². The van der Waals surface area contributed by atoms with E-state index in [4.69, 9.17) is 0 Å². The summed E-state index contributed by atoms with van der Waals surface area (Å²) in [5, 5.41) is 0. The molecule has 0 N–H and O–H groups in total. The van der Waals surface area contributed by atoms with Gasteiger partial charge in [0, 0.05) is 22.7 Å². The first-order valence-electron chi connectivity index (χ1n) is 6.12.